The molecule has 1 heterocycles. The van der Waals surface area contributed by atoms with Crippen molar-refractivity contribution in [3.8, 4) is 78.7 Å². The van der Waals surface area contributed by atoms with E-state index >= 15 is 0 Å². The van der Waals surface area contributed by atoms with Crippen LogP contribution in [0.15, 0.2) is 224 Å². The highest BCUT2D eigenvalue weighted by Gasteiger charge is 2.52. The molecule has 1 spiro atoms. The third kappa shape index (κ3) is 5.43. The van der Waals surface area contributed by atoms with Crippen LogP contribution in [0.25, 0.3) is 100 Å². The Hall–Kier alpha value is -8.27. The summed E-state index contributed by atoms with van der Waals surface area (Å²) in [5.74, 6) is 1.93. The van der Waals surface area contributed by atoms with Gasteiger partial charge >= 0.3 is 0 Å². The van der Waals surface area contributed by atoms with Crippen LogP contribution in [0.4, 0.5) is 0 Å². The highest BCUT2D eigenvalue weighted by molar-refractivity contribution is 6.06. The zero-order valence-electron chi connectivity index (χ0n) is 34.2. The lowest BCUT2D eigenvalue weighted by atomic mass is 9.69. The van der Waals surface area contributed by atoms with Crippen molar-refractivity contribution < 1.29 is 0 Å². The van der Waals surface area contributed by atoms with E-state index in [2.05, 4.69) is 200 Å². The van der Waals surface area contributed by atoms with Gasteiger partial charge in [0.15, 0.2) is 17.5 Å². The molecule has 11 aromatic rings. The highest BCUT2D eigenvalue weighted by Crippen LogP contribution is 2.64. The van der Waals surface area contributed by atoms with Crippen LogP contribution in [0.3, 0.4) is 0 Å². The third-order valence-electron chi connectivity index (χ3n) is 13.3. The Morgan fingerprint density at radius 2 is 0.762 bits per heavy atom. The molecule has 3 heteroatoms. The molecule has 13 rings (SSSR count). The lowest BCUT2D eigenvalue weighted by molar-refractivity contribution is 0.802. The number of hydrogen-bond acceptors (Lipinski definition) is 3. The normalized spacial score (nSPS) is 12.9. The lowest BCUT2D eigenvalue weighted by Gasteiger charge is -2.31. The van der Waals surface area contributed by atoms with Gasteiger partial charge in [-0.1, -0.05) is 200 Å². The number of rotatable bonds is 5. The van der Waals surface area contributed by atoms with E-state index in [0.717, 1.165) is 38.9 Å². The van der Waals surface area contributed by atoms with Gasteiger partial charge in [0.2, 0.25) is 0 Å². The number of nitrogens with zero attached hydrogens (tertiary/aromatic N) is 3. The van der Waals surface area contributed by atoms with Gasteiger partial charge in [0.05, 0.1) is 5.41 Å². The largest absolute Gasteiger partial charge is 0.208 e. The minimum Gasteiger partial charge on any atom is -0.208 e. The van der Waals surface area contributed by atoms with Crippen molar-refractivity contribution in [2.75, 3.05) is 0 Å². The van der Waals surface area contributed by atoms with Gasteiger partial charge in [-0.3, -0.25) is 0 Å². The van der Waals surface area contributed by atoms with Crippen LogP contribution in [-0.4, -0.2) is 15.0 Å². The van der Waals surface area contributed by atoms with Crippen molar-refractivity contribution in [3.05, 3.63) is 247 Å². The van der Waals surface area contributed by atoms with E-state index in [4.69, 9.17) is 15.0 Å². The summed E-state index contributed by atoms with van der Waals surface area (Å²) in [4.78, 5) is 15.1. The molecule has 0 N–H and O–H groups in total. The average molecular weight is 800 g/mol. The summed E-state index contributed by atoms with van der Waals surface area (Å²) >= 11 is 0. The molecule has 2 aliphatic carbocycles. The summed E-state index contributed by atoms with van der Waals surface area (Å²) in [6.45, 7) is 0. The fraction of sp³-hybridized carbons (Fsp3) is 0.0167. The highest BCUT2D eigenvalue weighted by atomic mass is 15.0. The minimum atomic E-state index is -0.435. The quantitative estimate of drug-likeness (QED) is 0.174. The zero-order valence-corrected chi connectivity index (χ0v) is 34.2. The molecular formula is C60H37N3. The Labute approximate surface area is 365 Å². The second kappa shape index (κ2) is 13.9. The van der Waals surface area contributed by atoms with E-state index < -0.39 is 5.41 Å². The SMILES string of the molecule is c1ccc(-c2cccc(-c3nc(-c4ccccc4)nc(-c4ccc(-c5ccc6cc7c(cc6c5)C5(c6ccccc6-c6ccccc65)c5c-7ccc6ccccc56)cc4)n3)c2)cc1. The van der Waals surface area contributed by atoms with Gasteiger partial charge in [0.1, 0.15) is 0 Å². The van der Waals surface area contributed by atoms with E-state index in [1.54, 1.807) is 0 Å². The summed E-state index contributed by atoms with van der Waals surface area (Å²) < 4.78 is 0. The van der Waals surface area contributed by atoms with Crippen LogP contribution in [-0.2, 0) is 5.41 Å². The first-order valence-electron chi connectivity index (χ1n) is 21.6. The Morgan fingerprint density at radius 1 is 0.254 bits per heavy atom. The maximum absolute atomic E-state index is 5.09. The second-order valence-corrected chi connectivity index (χ2v) is 16.7. The summed E-state index contributed by atoms with van der Waals surface area (Å²) in [6, 6.07) is 81.2. The van der Waals surface area contributed by atoms with Gasteiger partial charge in [-0.2, -0.15) is 0 Å². The smallest absolute Gasteiger partial charge is 0.164 e. The second-order valence-electron chi connectivity index (χ2n) is 16.7. The Balaban J connectivity index is 0.929. The van der Waals surface area contributed by atoms with Crippen LogP contribution in [0.1, 0.15) is 22.3 Å². The van der Waals surface area contributed by atoms with Crippen molar-refractivity contribution in [2.45, 2.75) is 5.41 Å². The molecule has 0 atom stereocenters. The fourth-order valence-electron chi connectivity index (χ4n) is 10.5. The monoisotopic (exact) mass is 799 g/mol. The number of benzene rings is 10. The van der Waals surface area contributed by atoms with Crippen LogP contribution in [0.2, 0.25) is 0 Å². The first-order chi connectivity index (χ1) is 31.2. The Kier molecular flexibility index (Phi) is 7.82. The maximum atomic E-state index is 5.09. The first-order valence-corrected chi connectivity index (χ1v) is 21.6. The predicted molar refractivity (Wildman–Crippen MR) is 258 cm³/mol. The van der Waals surface area contributed by atoms with Crippen molar-refractivity contribution >= 4 is 21.5 Å². The Morgan fingerprint density at radius 3 is 1.49 bits per heavy atom. The summed E-state index contributed by atoms with van der Waals surface area (Å²) in [5.41, 5.74) is 17.7. The van der Waals surface area contributed by atoms with Crippen LogP contribution in [0, 0.1) is 0 Å². The third-order valence-corrected chi connectivity index (χ3v) is 13.3. The van der Waals surface area contributed by atoms with E-state index in [-0.39, 0.29) is 0 Å². The Bertz CT molecular complexity index is 3570. The molecule has 63 heavy (non-hydrogen) atoms. The molecule has 0 amide bonds. The molecular weight excluding hydrogens is 763 g/mol. The van der Waals surface area contributed by atoms with Gasteiger partial charge in [0, 0.05) is 16.7 Å². The molecule has 3 nitrogen and oxygen atoms in total. The van der Waals surface area contributed by atoms with Crippen LogP contribution < -0.4 is 0 Å². The van der Waals surface area contributed by atoms with Gasteiger partial charge in [-0.05, 0) is 113 Å². The van der Waals surface area contributed by atoms with Gasteiger partial charge in [-0.15, -0.1) is 0 Å². The zero-order chi connectivity index (χ0) is 41.5. The first kappa shape index (κ1) is 35.5. The van der Waals surface area contributed by atoms with Crippen molar-refractivity contribution in [1.29, 1.82) is 0 Å². The molecule has 292 valence electrons. The molecule has 0 radical (unpaired) electrons. The molecule has 10 aromatic carbocycles. The molecule has 2 aliphatic rings. The summed E-state index contributed by atoms with van der Waals surface area (Å²) in [7, 11) is 0. The van der Waals surface area contributed by atoms with E-state index in [1.807, 2.05) is 24.3 Å². The topological polar surface area (TPSA) is 38.7 Å². The van der Waals surface area contributed by atoms with Crippen LogP contribution in [0.5, 0.6) is 0 Å². The standard InChI is InChI=1S/C60H37N3/c1-3-14-38(15-4-1)43-19-13-20-46(34-43)59-62-57(41-17-5-2-6-18-41)61-58(63-59)42-28-26-39(27-29-42)44-30-31-45-36-52-51-33-32-40-16-7-8-21-48(40)56(51)60(55(52)37-47(45)35-44)53-24-11-9-22-49(53)50-23-10-12-25-54(50)60/h1-37H. The molecule has 0 unspecified atom stereocenters. The molecule has 0 aliphatic heterocycles. The van der Waals surface area contributed by atoms with Crippen molar-refractivity contribution in [3.63, 3.8) is 0 Å². The fourth-order valence-corrected chi connectivity index (χ4v) is 10.5. The van der Waals surface area contributed by atoms with E-state index in [1.165, 1.54) is 66.1 Å². The molecule has 1 aromatic heterocycles. The molecule has 0 saturated heterocycles. The molecule has 0 fully saturated rings. The minimum absolute atomic E-state index is 0.435. The lowest BCUT2D eigenvalue weighted by Crippen LogP contribution is -2.26. The molecule has 0 saturated carbocycles. The number of hydrogen-bond donors (Lipinski definition) is 0. The maximum Gasteiger partial charge on any atom is 0.164 e. The summed E-state index contributed by atoms with van der Waals surface area (Å²) in [5, 5.41) is 5.03. The van der Waals surface area contributed by atoms with Gasteiger partial charge in [0.25, 0.3) is 0 Å². The van der Waals surface area contributed by atoms with Gasteiger partial charge < -0.3 is 0 Å². The van der Waals surface area contributed by atoms with Gasteiger partial charge in [-0.25, -0.2) is 15.0 Å². The summed E-state index contributed by atoms with van der Waals surface area (Å²) in [6.07, 6.45) is 0. The van der Waals surface area contributed by atoms with Crippen LogP contribution >= 0.6 is 0 Å². The number of fused-ring (bicyclic) bond motifs is 13. The molecule has 0 bridgehead atoms. The average Bonchev–Trinajstić information content (AvgIpc) is 3.83. The van der Waals surface area contributed by atoms with Crippen molar-refractivity contribution in [2.24, 2.45) is 0 Å². The predicted octanol–water partition coefficient (Wildman–Crippen LogP) is 14.9. The van der Waals surface area contributed by atoms with E-state index in [9.17, 15) is 0 Å². The van der Waals surface area contributed by atoms with E-state index in [0.29, 0.717) is 17.5 Å². The van der Waals surface area contributed by atoms with Crippen molar-refractivity contribution in [1.82, 2.24) is 15.0 Å². The number of aromatic nitrogens is 3.